The summed E-state index contributed by atoms with van der Waals surface area (Å²) in [6, 6.07) is 8.41. The summed E-state index contributed by atoms with van der Waals surface area (Å²) in [5, 5.41) is 0. The van der Waals surface area contributed by atoms with Gasteiger partial charge in [-0.05, 0) is 90.8 Å². The van der Waals surface area contributed by atoms with E-state index in [2.05, 4.69) is 38.1 Å². The third kappa shape index (κ3) is 1.97. The van der Waals surface area contributed by atoms with Crippen molar-refractivity contribution in [2.45, 2.75) is 33.1 Å². The van der Waals surface area contributed by atoms with E-state index in [-0.39, 0.29) is 0 Å². The van der Waals surface area contributed by atoms with Crippen molar-refractivity contribution >= 4 is 11.4 Å². The zero-order valence-electron chi connectivity index (χ0n) is 11.6. The second kappa shape index (κ2) is 4.30. The molecule has 0 unspecified atom stereocenters. The van der Waals surface area contributed by atoms with Gasteiger partial charge in [-0.1, -0.05) is 0 Å². The molecule has 0 saturated carbocycles. The first-order valence-electron chi connectivity index (χ1n) is 6.84. The fourth-order valence-corrected chi connectivity index (χ4v) is 3.36. The zero-order valence-corrected chi connectivity index (χ0v) is 11.6. The van der Waals surface area contributed by atoms with Crippen LogP contribution in [0.15, 0.2) is 24.3 Å². The summed E-state index contributed by atoms with van der Waals surface area (Å²) in [6.07, 6.45) is 3.34. The number of nitrogen functional groups attached to an aromatic ring is 2. The molecule has 0 heterocycles. The van der Waals surface area contributed by atoms with Crippen LogP contribution in [0.4, 0.5) is 11.4 Å². The van der Waals surface area contributed by atoms with E-state index in [1.54, 1.807) is 0 Å². The second-order valence-electron chi connectivity index (χ2n) is 5.60. The first kappa shape index (κ1) is 12.1. The molecular formula is C17H20N2. The SMILES string of the molecule is Cc1cc(N)cc2c1-c1c(C)cc(N)cc1CCC2. The van der Waals surface area contributed by atoms with Gasteiger partial charge in [-0.3, -0.25) is 0 Å². The fourth-order valence-electron chi connectivity index (χ4n) is 3.36. The summed E-state index contributed by atoms with van der Waals surface area (Å²) >= 11 is 0. The van der Waals surface area contributed by atoms with E-state index in [0.717, 1.165) is 30.6 Å². The first-order valence-corrected chi connectivity index (χ1v) is 6.84. The van der Waals surface area contributed by atoms with Crippen LogP contribution in [0.3, 0.4) is 0 Å². The van der Waals surface area contributed by atoms with Gasteiger partial charge in [0.05, 0.1) is 0 Å². The third-order valence-corrected chi connectivity index (χ3v) is 4.02. The number of aryl methyl sites for hydroxylation is 4. The molecule has 1 aliphatic rings. The van der Waals surface area contributed by atoms with Crippen LogP contribution >= 0.6 is 0 Å². The number of hydrogen-bond acceptors (Lipinski definition) is 2. The molecular weight excluding hydrogens is 232 g/mol. The summed E-state index contributed by atoms with van der Waals surface area (Å²) in [6.45, 7) is 4.31. The Bertz CT molecular complexity index is 599. The van der Waals surface area contributed by atoms with Crippen molar-refractivity contribution in [2.24, 2.45) is 0 Å². The van der Waals surface area contributed by atoms with E-state index in [1.807, 2.05) is 0 Å². The van der Waals surface area contributed by atoms with Crippen LogP contribution in [-0.2, 0) is 12.8 Å². The number of anilines is 2. The minimum absolute atomic E-state index is 0.868. The predicted octanol–water partition coefficient (Wildman–Crippen LogP) is 3.62. The highest BCUT2D eigenvalue weighted by Crippen LogP contribution is 2.39. The average Bonchev–Trinajstić information content (AvgIpc) is 2.47. The van der Waals surface area contributed by atoms with Crippen molar-refractivity contribution in [3.63, 3.8) is 0 Å². The smallest absolute Gasteiger partial charge is 0.0319 e. The molecule has 19 heavy (non-hydrogen) atoms. The van der Waals surface area contributed by atoms with Crippen LogP contribution in [0.25, 0.3) is 11.1 Å². The van der Waals surface area contributed by atoms with Crippen LogP contribution in [0, 0.1) is 13.8 Å². The van der Waals surface area contributed by atoms with E-state index in [1.165, 1.54) is 33.4 Å². The largest absolute Gasteiger partial charge is 0.399 e. The van der Waals surface area contributed by atoms with Crippen LogP contribution < -0.4 is 11.5 Å². The summed E-state index contributed by atoms with van der Waals surface area (Å²) in [4.78, 5) is 0. The molecule has 0 aromatic heterocycles. The number of benzene rings is 2. The number of nitrogens with two attached hydrogens (primary N) is 2. The molecule has 0 atom stereocenters. The molecule has 98 valence electrons. The maximum Gasteiger partial charge on any atom is 0.0319 e. The van der Waals surface area contributed by atoms with Gasteiger partial charge in [0.25, 0.3) is 0 Å². The molecule has 2 aromatic rings. The lowest BCUT2D eigenvalue weighted by Gasteiger charge is -2.17. The number of fused-ring (bicyclic) bond motifs is 3. The number of rotatable bonds is 0. The van der Waals surface area contributed by atoms with E-state index >= 15 is 0 Å². The van der Waals surface area contributed by atoms with Gasteiger partial charge in [0.15, 0.2) is 0 Å². The second-order valence-corrected chi connectivity index (χ2v) is 5.60. The molecule has 0 fully saturated rings. The van der Waals surface area contributed by atoms with Crippen molar-refractivity contribution in [2.75, 3.05) is 11.5 Å². The Morgan fingerprint density at radius 1 is 0.737 bits per heavy atom. The van der Waals surface area contributed by atoms with E-state index in [4.69, 9.17) is 11.5 Å². The lowest BCUT2D eigenvalue weighted by atomic mass is 9.89. The normalized spacial score (nSPS) is 13.6. The molecule has 0 spiro atoms. The number of hydrogen-bond donors (Lipinski definition) is 2. The zero-order chi connectivity index (χ0) is 13.6. The van der Waals surface area contributed by atoms with E-state index < -0.39 is 0 Å². The monoisotopic (exact) mass is 252 g/mol. The van der Waals surface area contributed by atoms with Crippen LogP contribution in [0.1, 0.15) is 28.7 Å². The Kier molecular flexibility index (Phi) is 2.74. The molecule has 2 heteroatoms. The van der Waals surface area contributed by atoms with Crippen molar-refractivity contribution in [1.82, 2.24) is 0 Å². The predicted molar refractivity (Wildman–Crippen MR) is 82.2 cm³/mol. The van der Waals surface area contributed by atoms with Gasteiger partial charge >= 0.3 is 0 Å². The van der Waals surface area contributed by atoms with Gasteiger partial charge in [-0.2, -0.15) is 0 Å². The van der Waals surface area contributed by atoms with Gasteiger partial charge in [-0.15, -0.1) is 0 Å². The lowest BCUT2D eigenvalue weighted by Crippen LogP contribution is -1.98. The Morgan fingerprint density at radius 3 is 1.58 bits per heavy atom. The van der Waals surface area contributed by atoms with Gasteiger partial charge in [0.2, 0.25) is 0 Å². The molecule has 0 aliphatic heterocycles. The Morgan fingerprint density at radius 2 is 1.16 bits per heavy atom. The van der Waals surface area contributed by atoms with Gasteiger partial charge in [0.1, 0.15) is 0 Å². The maximum absolute atomic E-state index is 6.00. The molecule has 0 bridgehead atoms. The minimum atomic E-state index is 0.868. The van der Waals surface area contributed by atoms with Crippen molar-refractivity contribution in [3.8, 4) is 11.1 Å². The maximum atomic E-state index is 6.00. The Labute approximate surface area is 114 Å². The van der Waals surface area contributed by atoms with Crippen LogP contribution in [-0.4, -0.2) is 0 Å². The topological polar surface area (TPSA) is 52.0 Å². The molecule has 1 aliphatic carbocycles. The highest BCUT2D eigenvalue weighted by atomic mass is 14.6. The van der Waals surface area contributed by atoms with Crippen molar-refractivity contribution in [3.05, 3.63) is 46.5 Å². The Balaban J connectivity index is 2.36. The quantitative estimate of drug-likeness (QED) is 0.703. The van der Waals surface area contributed by atoms with Crippen LogP contribution in [0.5, 0.6) is 0 Å². The van der Waals surface area contributed by atoms with Gasteiger partial charge < -0.3 is 11.5 Å². The highest BCUT2D eigenvalue weighted by Gasteiger charge is 2.19. The van der Waals surface area contributed by atoms with Crippen LogP contribution in [0.2, 0.25) is 0 Å². The standard InChI is InChI=1S/C17H20N2/c1-10-6-14(18)8-12-4-3-5-13-9-15(19)7-11(2)17(13)16(10)12/h6-9H,3-5,18-19H2,1-2H3. The molecule has 2 aromatic carbocycles. The Hall–Kier alpha value is -1.96. The molecule has 4 N–H and O–H groups in total. The first-order chi connectivity index (χ1) is 9.06. The average molecular weight is 252 g/mol. The fraction of sp³-hybridized carbons (Fsp3) is 0.294. The molecule has 0 radical (unpaired) electrons. The molecule has 0 saturated heterocycles. The van der Waals surface area contributed by atoms with Gasteiger partial charge in [0, 0.05) is 11.4 Å². The molecule has 3 rings (SSSR count). The lowest BCUT2D eigenvalue weighted by molar-refractivity contribution is 0.834. The summed E-state index contributed by atoms with van der Waals surface area (Å²) in [5.41, 5.74) is 21.8. The van der Waals surface area contributed by atoms with Crippen molar-refractivity contribution in [1.29, 1.82) is 0 Å². The molecule has 0 amide bonds. The summed E-state index contributed by atoms with van der Waals surface area (Å²) < 4.78 is 0. The van der Waals surface area contributed by atoms with E-state index in [0.29, 0.717) is 0 Å². The molecule has 2 nitrogen and oxygen atoms in total. The third-order valence-electron chi connectivity index (χ3n) is 4.02. The minimum Gasteiger partial charge on any atom is -0.399 e. The summed E-state index contributed by atoms with van der Waals surface area (Å²) in [5.74, 6) is 0. The summed E-state index contributed by atoms with van der Waals surface area (Å²) in [7, 11) is 0. The van der Waals surface area contributed by atoms with Crippen molar-refractivity contribution < 1.29 is 0 Å². The highest BCUT2D eigenvalue weighted by molar-refractivity contribution is 5.80. The van der Waals surface area contributed by atoms with Gasteiger partial charge in [-0.25, -0.2) is 0 Å². The van der Waals surface area contributed by atoms with E-state index in [9.17, 15) is 0 Å².